The van der Waals surface area contributed by atoms with Crippen molar-refractivity contribution in [2.24, 2.45) is 5.73 Å². The van der Waals surface area contributed by atoms with Crippen molar-refractivity contribution in [3.05, 3.63) is 0 Å². The van der Waals surface area contributed by atoms with Gasteiger partial charge in [0.2, 0.25) is 0 Å². The van der Waals surface area contributed by atoms with Crippen molar-refractivity contribution in [1.29, 1.82) is 0 Å². The van der Waals surface area contributed by atoms with Crippen LogP contribution in [0.25, 0.3) is 0 Å². The largest absolute Gasteiger partial charge is 0.380 e. The standard InChI is InChI=1S/C9H19NO3S/c1-3-13-7-9(10)5-4-8(6-9)14(2,11)12/h8H,3-7,10H2,1-2H3. The van der Waals surface area contributed by atoms with Gasteiger partial charge >= 0.3 is 0 Å². The lowest BCUT2D eigenvalue weighted by Gasteiger charge is -2.23. The van der Waals surface area contributed by atoms with Crippen LogP contribution >= 0.6 is 0 Å². The highest BCUT2D eigenvalue weighted by atomic mass is 32.2. The van der Waals surface area contributed by atoms with Gasteiger partial charge in [0, 0.05) is 18.4 Å². The van der Waals surface area contributed by atoms with E-state index < -0.39 is 15.4 Å². The van der Waals surface area contributed by atoms with Crippen LogP contribution in [0.3, 0.4) is 0 Å². The molecule has 5 heteroatoms. The lowest BCUT2D eigenvalue weighted by Crippen LogP contribution is -2.42. The van der Waals surface area contributed by atoms with Crippen LogP contribution in [0.2, 0.25) is 0 Å². The van der Waals surface area contributed by atoms with E-state index in [2.05, 4.69) is 0 Å². The number of ether oxygens (including phenoxy) is 1. The maximum absolute atomic E-state index is 11.3. The first kappa shape index (κ1) is 11.9. The smallest absolute Gasteiger partial charge is 0.150 e. The Morgan fingerprint density at radius 1 is 1.57 bits per heavy atom. The molecule has 0 aromatic heterocycles. The van der Waals surface area contributed by atoms with Crippen molar-refractivity contribution in [3.8, 4) is 0 Å². The van der Waals surface area contributed by atoms with Gasteiger partial charge in [0.25, 0.3) is 0 Å². The van der Waals surface area contributed by atoms with Crippen LogP contribution in [0.5, 0.6) is 0 Å². The summed E-state index contributed by atoms with van der Waals surface area (Å²) in [4.78, 5) is 0. The molecule has 14 heavy (non-hydrogen) atoms. The average molecular weight is 221 g/mol. The second kappa shape index (κ2) is 4.16. The summed E-state index contributed by atoms with van der Waals surface area (Å²) in [7, 11) is -2.93. The Morgan fingerprint density at radius 2 is 2.21 bits per heavy atom. The van der Waals surface area contributed by atoms with Crippen molar-refractivity contribution in [2.45, 2.75) is 37.0 Å². The molecular weight excluding hydrogens is 202 g/mol. The molecule has 0 aromatic carbocycles. The van der Waals surface area contributed by atoms with Gasteiger partial charge in [0.05, 0.1) is 11.9 Å². The van der Waals surface area contributed by atoms with Crippen LogP contribution in [0, 0.1) is 0 Å². The van der Waals surface area contributed by atoms with Crippen LogP contribution in [-0.2, 0) is 14.6 Å². The first-order valence-electron chi connectivity index (χ1n) is 4.93. The SMILES string of the molecule is CCOCC1(N)CCC(S(C)(=O)=O)C1. The summed E-state index contributed by atoms with van der Waals surface area (Å²) in [5, 5.41) is -0.270. The van der Waals surface area contributed by atoms with E-state index in [4.69, 9.17) is 10.5 Å². The van der Waals surface area contributed by atoms with E-state index in [1.807, 2.05) is 6.92 Å². The highest BCUT2D eigenvalue weighted by Crippen LogP contribution is 2.32. The zero-order valence-corrected chi connectivity index (χ0v) is 9.64. The van der Waals surface area contributed by atoms with Gasteiger partial charge < -0.3 is 10.5 Å². The summed E-state index contributed by atoms with van der Waals surface area (Å²) in [6.45, 7) is 3.00. The first-order valence-corrected chi connectivity index (χ1v) is 6.88. The normalized spacial score (nSPS) is 33.5. The minimum atomic E-state index is -2.93. The Kier molecular flexibility index (Phi) is 3.55. The third-order valence-electron chi connectivity index (χ3n) is 2.80. The molecule has 0 heterocycles. The van der Waals surface area contributed by atoms with E-state index in [-0.39, 0.29) is 5.25 Å². The second-order valence-electron chi connectivity index (χ2n) is 4.19. The van der Waals surface area contributed by atoms with Crippen molar-refractivity contribution in [1.82, 2.24) is 0 Å². The van der Waals surface area contributed by atoms with Gasteiger partial charge in [-0.15, -0.1) is 0 Å². The zero-order valence-electron chi connectivity index (χ0n) is 8.82. The minimum Gasteiger partial charge on any atom is -0.380 e. The van der Waals surface area contributed by atoms with Crippen molar-refractivity contribution >= 4 is 9.84 Å². The van der Waals surface area contributed by atoms with Crippen LogP contribution < -0.4 is 5.73 Å². The van der Waals surface area contributed by atoms with Gasteiger partial charge in [-0.05, 0) is 26.2 Å². The van der Waals surface area contributed by atoms with Gasteiger partial charge in [-0.25, -0.2) is 8.42 Å². The van der Waals surface area contributed by atoms with Crippen LogP contribution in [0.1, 0.15) is 26.2 Å². The average Bonchev–Trinajstić information content (AvgIpc) is 2.45. The molecule has 0 amide bonds. The van der Waals surface area contributed by atoms with Crippen LogP contribution in [-0.4, -0.2) is 38.7 Å². The minimum absolute atomic E-state index is 0.270. The molecule has 1 fully saturated rings. The van der Waals surface area contributed by atoms with Gasteiger partial charge in [-0.3, -0.25) is 0 Å². The molecular formula is C9H19NO3S. The van der Waals surface area contributed by atoms with Crippen molar-refractivity contribution in [2.75, 3.05) is 19.5 Å². The summed E-state index contributed by atoms with van der Waals surface area (Å²) in [5.41, 5.74) is 5.62. The lowest BCUT2D eigenvalue weighted by atomic mass is 10.0. The predicted molar refractivity (Wildman–Crippen MR) is 55.9 cm³/mol. The van der Waals surface area contributed by atoms with Gasteiger partial charge in [-0.2, -0.15) is 0 Å². The summed E-state index contributed by atoms with van der Waals surface area (Å²) in [5.74, 6) is 0. The topological polar surface area (TPSA) is 69.4 Å². The molecule has 84 valence electrons. The first-order chi connectivity index (χ1) is 6.37. The Bertz CT molecular complexity index is 288. The predicted octanol–water partition coefficient (Wildman–Crippen LogP) is 0.317. The molecule has 2 unspecified atom stereocenters. The molecule has 1 aliphatic carbocycles. The Balaban J connectivity index is 2.55. The molecule has 2 atom stereocenters. The monoisotopic (exact) mass is 221 g/mol. The van der Waals surface area contributed by atoms with E-state index >= 15 is 0 Å². The maximum atomic E-state index is 11.3. The third-order valence-corrected chi connectivity index (χ3v) is 4.41. The number of rotatable bonds is 4. The third kappa shape index (κ3) is 2.93. The Morgan fingerprint density at radius 3 is 2.64 bits per heavy atom. The molecule has 1 saturated carbocycles. The molecule has 0 saturated heterocycles. The Labute approximate surface area is 85.7 Å². The van der Waals surface area contributed by atoms with E-state index in [0.29, 0.717) is 26.1 Å². The lowest BCUT2D eigenvalue weighted by molar-refractivity contribution is 0.0968. The van der Waals surface area contributed by atoms with Crippen LogP contribution in [0.15, 0.2) is 0 Å². The molecule has 1 rings (SSSR count). The molecule has 0 bridgehead atoms. The molecule has 0 spiro atoms. The second-order valence-corrected chi connectivity index (χ2v) is 6.52. The van der Waals surface area contributed by atoms with Gasteiger partial charge in [-0.1, -0.05) is 0 Å². The molecule has 0 radical (unpaired) electrons. The van der Waals surface area contributed by atoms with Crippen LogP contribution in [0.4, 0.5) is 0 Å². The molecule has 0 aromatic rings. The number of nitrogens with two attached hydrogens (primary N) is 1. The summed E-state index contributed by atoms with van der Waals surface area (Å²) < 4.78 is 27.9. The molecule has 1 aliphatic rings. The van der Waals surface area contributed by atoms with E-state index in [1.54, 1.807) is 0 Å². The fraction of sp³-hybridized carbons (Fsp3) is 1.00. The molecule has 4 nitrogen and oxygen atoms in total. The zero-order chi connectivity index (χ0) is 10.8. The van der Waals surface area contributed by atoms with Gasteiger partial charge in [0.1, 0.15) is 9.84 Å². The maximum Gasteiger partial charge on any atom is 0.150 e. The summed E-state index contributed by atoms with van der Waals surface area (Å²) in [6.07, 6.45) is 3.23. The molecule has 2 N–H and O–H groups in total. The number of sulfone groups is 1. The number of hydrogen-bond donors (Lipinski definition) is 1. The fourth-order valence-electron chi connectivity index (χ4n) is 1.91. The highest BCUT2D eigenvalue weighted by Gasteiger charge is 2.40. The van der Waals surface area contributed by atoms with E-state index in [0.717, 1.165) is 6.42 Å². The fourth-order valence-corrected chi connectivity index (χ4v) is 3.09. The highest BCUT2D eigenvalue weighted by molar-refractivity contribution is 7.91. The number of hydrogen-bond acceptors (Lipinski definition) is 4. The van der Waals surface area contributed by atoms with Gasteiger partial charge in [0.15, 0.2) is 0 Å². The quantitative estimate of drug-likeness (QED) is 0.742. The van der Waals surface area contributed by atoms with Crippen molar-refractivity contribution < 1.29 is 13.2 Å². The molecule has 0 aliphatic heterocycles. The summed E-state index contributed by atoms with van der Waals surface area (Å²) in [6, 6.07) is 0. The Hall–Kier alpha value is -0.130. The van der Waals surface area contributed by atoms with E-state index in [9.17, 15) is 8.42 Å². The van der Waals surface area contributed by atoms with E-state index in [1.165, 1.54) is 6.26 Å². The summed E-state index contributed by atoms with van der Waals surface area (Å²) >= 11 is 0. The van der Waals surface area contributed by atoms with Crippen molar-refractivity contribution in [3.63, 3.8) is 0 Å².